The van der Waals surface area contributed by atoms with Crippen molar-refractivity contribution in [1.29, 1.82) is 0 Å². The Kier molecular flexibility index (Phi) is 53.4. The summed E-state index contributed by atoms with van der Waals surface area (Å²) >= 11 is 6.97. The maximum Gasteiger partial charge on any atom is 1.00 e. The van der Waals surface area contributed by atoms with Gasteiger partial charge in [0.25, 0.3) is 0 Å². The number of hydrogen-bond acceptors (Lipinski definition) is 6. The smallest absolute Gasteiger partial charge is 0.481 e. The van der Waals surface area contributed by atoms with Crippen molar-refractivity contribution in [3.63, 3.8) is 0 Å². The molecule has 0 spiro atoms. The predicted molar refractivity (Wildman–Crippen MR) is 65.3 cm³/mol. The van der Waals surface area contributed by atoms with Crippen molar-refractivity contribution in [3.8, 4) is 0 Å². The van der Waals surface area contributed by atoms with Crippen LogP contribution in [-0.2, 0) is 63.9 Å². The number of hydrogen-bond donors (Lipinski definition) is 6. The Bertz CT molecular complexity index is 319. The summed E-state index contributed by atoms with van der Waals surface area (Å²) < 4.78 is 0. The Morgan fingerprint density at radius 1 is 0.652 bits per heavy atom. The molecule has 0 radical (unpaired) electrons. The Balaban J connectivity index is -0.0000000366. The molecule has 0 saturated heterocycles. The number of thiol groups is 2. The molecule has 0 rings (SSSR count). The fraction of sp³-hybridized carbons (Fsp3) is 0.500. The molecule has 2 unspecified atom stereocenters. The molecule has 0 heterocycles. The first-order chi connectivity index (χ1) is 8.07. The zero-order chi connectivity index (χ0) is 14.9. The van der Waals surface area contributed by atoms with Gasteiger partial charge in [0, 0.05) is 0 Å². The van der Waals surface area contributed by atoms with Gasteiger partial charge in [-0.05, 0) is 0 Å². The van der Waals surface area contributed by atoms with Gasteiger partial charge in [0.15, 0.2) is 0 Å². The molecule has 0 aliphatic heterocycles. The molecule has 0 saturated carbocycles. The van der Waals surface area contributed by atoms with E-state index in [4.69, 9.17) is 20.4 Å². The van der Waals surface area contributed by atoms with E-state index in [0.717, 1.165) is 0 Å². The Labute approximate surface area is 241 Å². The van der Waals surface area contributed by atoms with Gasteiger partial charge in [-0.15, -0.1) is 0 Å². The second kappa shape index (κ2) is 27.3. The van der Waals surface area contributed by atoms with E-state index in [2.05, 4.69) is 25.3 Å². The summed E-state index contributed by atoms with van der Waals surface area (Å²) in [6.45, 7) is 0. The molecule has 0 aromatic carbocycles. The van der Waals surface area contributed by atoms with Gasteiger partial charge in [-0.1, -0.05) is 0 Å². The van der Waals surface area contributed by atoms with Crippen LogP contribution in [0.4, 0.5) is 0 Å². The second-order valence-electron chi connectivity index (χ2n) is 2.90. The van der Waals surface area contributed by atoms with Crippen LogP contribution >= 0.6 is 25.3 Å². The largest absolute Gasteiger partial charge is 1.00 e. The first-order valence-corrected chi connectivity index (χ1v) is 5.36. The zero-order valence-electron chi connectivity index (χ0n) is 12.5. The number of rotatable bonds is 6. The van der Waals surface area contributed by atoms with Crippen LogP contribution in [0.25, 0.3) is 0 Å². The predicted octanol–water partition coefficient (Wildman–Crippen LogP) is -9.30. The van der Waals surface area contributed by atoms with Gasteiger partial charge in [-0.25, -0.2) is 0 Å². The van der Waals surface area contributed by atoms with Gasteiger partial charge < -0.3 is 20.4 Å². The second-order valence-corrected chi connectivity index (χ2v) is 4.15. The summed E-state index contributed by atoms with van der Waals surface area (Å²) in [5.74, 6) is -4.73. The molecule has 0 bridgehead atoms. The summed E-state index contributed by atoms with van der Waals surface area (Å²) in [6, 6.07) is 0. The van der Waals surface area contributed by atoms with E-state index in [1.54, 1.807) is 0 Å². The van der Waals surface area contributed by atoms with Gasteiger partial charge in [-0.3, -0.25) is 19.2 Å². The molecule has 8 nitrogen and oxygen atoms in total. The summed E-state index contributed by atoms with van der Waals surface area (Å²) in [5, 5.41) is 30.0. The third-order valence-corrected chi connectivity index (χ3v) is 2.11. The molecular formula is C8H12Au2Na3O8S2+5. The zero-order valence-corrected chi connectivity index (χ0v) is 24.6. The fourth-order valence-corrected chi connectivity index (χ4v) is 0.818. The monoisotopic (exact) mass is 763 g/mol. The van der Waals surface area contributed by atoms with Crippen molar-refractivity contribution < 1.29 is 173 Å². The summed E-state index contributed by atoms with van der Waals surface area (Å²) in [5.41, 5.74) is 0. The Morgan fingerprint density at radius 3 is 0.870 bits per heavy atom. The summed E-state index contributed by atoms with van der Waals surface area (Å²) in [7, 11) is 0. The van der Waals surface area contributed by atoms with Crippen molar-refractivity contribution in [2.24, 2.45) is 0 Å². The number of aliphatic carboxylic acids is 4. The van der Waals surface area contributed by atoms with Gasteiger partial charge >= 0.3 is 157 Å². The first-order valence-electron chi connectivity index (χ1n) is 4.33. The van der Waals surface area contributed by atoms with Crippen LogP contribution < -0.4 is 88.7 Å². The molecule has 2 atom stereocenters. The van der Waals surface area contributed by atoms with Gasteiger partial charge in [0.05, 0.1) is 12.8 Å². The minimum Gasteiger partial charge on any atom is -0.481 e. The Hall–Kier alpha value is 3.06. The molecule has 0 fully saturated rings. The molecule has 0 aromatic heterocycles. The van der Waals surface area contributed by atoms with E-state index in [9.17, 15) is 19.2 Å². The Morgan fingerprint density at radius 2 is 0.826 bits per heavy atom. The summed E-state index contributed by atoms with van der Waals surface area (Å²) in [6.07, 6.45) is -0.892. The number of carbonyl (C=O) groups is 4. The molecular weight excluding hydrogens is 751 g/mol. The van der Waals surface area contributed by atoms with Crippen LogP contribution in [0.2, 0.25) is 0 Å². The molecule has 0 aromatic rings. The van der Waals surface area contributed by atoms with Gasteiger partial charge in [0.2, 0.25) is 0 Å². The average Bonchev–Trinajstić information content (AvgIpc) is 2.16. The molecule has 0 aliphatic carbocycles. The normalized spacial score (nSPS) is 9.83. The molecule has 0 aliphatic rings. The summed E-state index contributed by atoms with van der Waals surface area (Å²) in [4.78, 5) is 39.4. The van der Waals surface area contributed by atoms with Crippen LogP contribution in [0.1, 0.15) is 12.8 Å². The molecule has 4 N–H and O–H groups in total. The molecule has 124 valence electrons. The maximum absolute atomic E-state index is 9.90. The van der Waals surface area contributed by atoms with Gasteiger partial charge in [0.1, 0.15) is 10.5 Å². The molecule has 15 heteroatoms. The number of carboxylic acids is 4. The number of carboxylic acid groups (broad SMARTS) is 4. The fourth-order valence-electron chi connectivity index (χ4n) is 0.505. The van der Waals surface area contributed by atoms with E-state index in [1.165, 1.54) is 0 Å². The minimum atomic E-state index is -1.21. The van der Waals surface area contributed by atoms with Crippen molar-refractivity contribution in [2.75, 3.05) is 0 Å². The van der Waals surface area contributed by atoms with Crippen LogP contribution in [0.5, 0.6) is 0 Å². The minimum absolute atomic E-state index is 0. The SMILES string of the molecule is O=C(O)CC(S)C(=O)O.O=C(O)CC(S)C(=O)O.[Au+].[Au+].[Na+].[Na+].[Na+]. The van der Waals surface area contributed by atoms with E-state index >= 15 is 0 Å². The standard InChI is InChI=1S/2C4H6O4S.2Au.3Na/c2*5-3(6)1-2(9)4(7)8;;;;;/h2*2,9H,1H2,(H,5,6)(H,7,8);;;;;/q;;5*+1. The van der Waals surface area contributed by atoms with E-state index in [0.29, 0.717) is 0 Å². The van der Waals surface area contributed by atoms with Crippen molar-refractivity contribution in [2.45, 2.75) is 23.3 Å². The third kappa shape index (κ3) is 36.7. The van der Waals surface area contributed by atoms with Crippen LogP contribution in [0, 0.1) is 0 Å². The quantitative estimate of drug-likeness (QED) is 0.116. The molecule has 0 amide bonds. The van der Waals surface area contributed by atoms with E-state index < -0.39 is 47.2 Å². The van der Waals surface area contributed by atoms with Crippen molar-refractivity contribution >= 4 is 49.1 Å². The van der Waals surface area contributed by atoms with E-state index in [1.807, 2.05) is 0 Å². The van der Waals surface area contributed by atoms with E-state index in [-0.39, 0.29) is 133 Å². The third-order valence-electron chi connectivity index (χ3n) is 1.31. The van der Waals surface area contributed by atoms with Crippen molar-refractivity contribution in [1.82, 2.24) is 0 Å². The first kappa shape index (κ1) is 45.0. The molecule has 23 heavy (non-hydrogen) atoms. The average molecular weight is 763 g/mol. The van der Waals surface area contributed by atoms with Crippen LogP contribution in [-0.4, -0.2) is 54.8 Å². The van der Waals surface area contributed by atoms with Crippen molar-refractivity contribution in [3.05, 3.63) is 0 Å². The van der Waals surface area contributed by atoms with Gasteiger partial charge in [-0.2, -0.15) is 25.3 Å². The maximum atomic E-state index is 9.90. The van der Waals surface area contributed by atoms with Crippen LogP contribution in [0.15, 0.2) is 0 Å². The topological polar surface area (TPSA) is 149 Å². The van der Waals surface area contributed by atoms with Crippen LogP contribution in [0.3, 0.4) is 0 Å².